The van der Waals surface area contributed by atoms with Crippen molar-refractivity contribution in [1.82, 2.24) is 4.90 Å². The number of likely N-dealkylation sites (N-methyl/N-ethyl adjacent to an activating group) is 1. The van der Waals surface area contributed by atoms with Crippen LogP contribution in [0.2, 0.25) is 0 Å². The van der Waals surface area contributed by atoms with E-state index >= 15 is 0 Å². The molecule has 2 aliphatic rings. The van der Waals surface area contributed by atoms with Gasteiger partial charge in [-0.05, 0) is 92.2 Å². The maximum absolute atomic E-state index is 13.0. The van der Waals surface area contributed by atoms with Gasteiger partial charge in [0.1, 0.15) is 5.75 Å². The molecule has 0 saturated heterocycles. The molecule has 0 unspecified atom stereocenters. The number of carbonyl (C=O) groups is 1. The highest BCUT2D eigenvalue weighted by molar-refractivity contribution is 5.89. The number of amides is 2. The van der Waals surface area contributed by atoms with Gasteiger partial charge in [-0.3, -0.25) is 0 Å². The zero-order valence-corrected chi connectivity index (χ0v) is 23.9. The van der Waals surface area contributed by atoms with Crippen molar-refractivity contribution in [2.45, 2.75) is 104 Å². The highest BCUT2D eigenvalue weighted by atomic mass is 16.5. The summed E-state index contributed by atoms with van der Waals surface area (Å²) < 4.78 is 5.60. The Bertz CT molecular complexity index is 899. The minimum atomic E-state index is -0.972. The Labute approximate surface area is 218 Å². The molecule has 0 aliphatic heterocycles. The van der Waals surface area contributed by atoms with Gasteiger partial charge in [0, 0.05) is 18.3 Å². The molecule has 6 nitrogen and oxygen atoms in total. The zero-order valence-electron chi connectivity index (χ0n) is 23.9. The van der Waals surface area contributed by atoms with E-state index in [2.05, 4.69) is 46.9 Å². The third-order valence-electron chi connectivity index (χ3n) is 9.01. The number of nitrogens with one attached hydrogen (secondary N) is 1. The number of hydrogen-bond acceptors (Lipinski definition) is 4. The number of benzene rings is 1. The van der Waals surface area contributed by atoms with Gasteiger partial charge in [-0.2, -0.15) is 0 Å². The van der Waals surface area contributed by atoms with E-state index in [9.17, 15) is 15.0 Å². The van der Waals surface area contributed by atoms with Gasteiger partial charge in [-0.15, -0.1) is 0 Å². The first-order chi connectivity index (χ1) is 16.6. The van der Waals surface area contributed by atoms with E-state index in [4.69, 9.17) is 4.74 Å². The fourth-order valence-corrected chi connectivity index (χ4v) is 6.29. The molecule has 2 amide bonds. The molecule has 3 N–H and O–H groups in total. The third-order valence-corrected chi connectivity index (χ3v) is 9.01. The summed E-state index contributed by atoms with van der Waals surface area (Å²) in [4.78, 5) is 14.6. The van der Waals surface area contributed by atoms with E-state index in [1.54, 1.807) is 19.1 Å². The Morgan fingerprint density at radius 2 is 1.47 bits per heavy atom. The molecule has 6 heteroatoms. The zero-order chi connectivity index (χ0) is 26.9. The van der Waals surface area contributed by atoms with Gasteiger partial charge in [0.05, 0.1) is 24.9 Å². The van der Waals surface area contributed by atoms with Gasteiger partial charge in [0.2, 0.25) is 0 Å². The van der Waals surface area contributed by atoms with Gasteiger partial charge < -0.3 is 25.2 Å². The van der Waals surface area contributed by atoms with Crippen LogP contribution in [-0.2, 0) is 5.60 Å². The normalized spacial score (nSPS) is 29.5. The number of carbonyl (C=O) groups excluding carboxylic acids is 1. The molecule has 1 aromatic rings. The molecule has 0 radical (unpaired) electrons. The molecule has 2 fully saturated rings. The molecule has 36 heavy (non-hydrogen) atoms. The Hall–Kier alpha value is -1.79. The van der Waals surface area contributed by atoms with Crippen molar-refractivity contribution in [2.75, 3.05) is 26.0 Å². The van der Waals surface area contributed by atoms with Crippen LogP contribution in [0.5, 0.6) is 5.75 Å². The summed E-state index contributed by atoms with van der Waals surface area (Å²) in [5.74, 6) is 1.81. The number of urea groups is 1. The van der Waals surface area contributed by atoms with Crippen molar-refractivity contribution < 1.29 is 19.7 Å². The van der Waals surface area contributed by atoms with Crippen molar-refractivity contribution >= 4 is 11.7 Å². The highest BCUT2D eigenvalue weighted by Crippen LogP contribution is 2.48. The van der Waals surface area contributed by atoms with Gasteiger partial charge in [0.15, 0.2) is 0 Å². The fraction of sp³-hybridized carbons (Fsp3) is 0.767. The Morgan fingerprint density at radius 1 is 0.972 bits per heavy atom. The van der Waals surface area contributed by atoms with Crippen LogP contribution in [0.3, 0.4) is 0 Å². The average Bonchev–Trinajstić information content (AvgIpc) is 2.78. The summed E-state index contributed by atoms with van der Waals surface area (Å²) >= 11 is 0. The highest BCUT2D eigenvalue weighted by Gasteiger charge is 2.41. The number of ether oxygens (including phenoxy) is 1. The van der Waals surface area contributed by atoms with Crippen molar-refractivity contribution in [3.05, 3.63) is 23.8 Å². The second kappa shape index (κ2) is 10.5. The van der Waals surface area contributed by atoms with Gasteiger partial charge in [-0.1, -0.05) is 41.5 Å². The van der Waals surface area contributed by atoms with Crippen LogP contribution in [0.25, 0.3) is 0 Å². The monoisotopic (exact) mass is 502 g/mol. The molecule has 0 heterocycles. The van der Waals surface area contributed by atoms with Gasteiger partial charge >= 0.3 is 6.03 Å². The van der Waals surface area contributed by atoms with Crippen LogP contribution in [0.4, 0.5) is 10.5 Å². The quantitative estimate of drug-likeness (QED) is 0.426. The molecule has 1 aromatic carbocycles. The number of nitrogens with zero attached hydrogens (tertiary/aromatic N) is 1. The van der Waals surface area contributed by atoms with E-state index in [-0.39, 0.29) is 16.9 Å². The first-order valence-electron chi connectivity index (χ1n) is 13.7. The second-order valence-corrected chi connectivity index (χ2v) is 13.7. The van der Waals surface area contributed by atoms with Crippen molar-refractivity contribution in [2.24, 2.45) is 22.7 Å². The van der Waals surface area contributed by atoms with Gasteiger partial charge in [0.25, 0.3) is 0 Å². The summed E-state index contributed by atoms with van der Waals surface area (Å²) in [6.07, 6.45) is 6.63. The SMILES string of the molecule is COc1ccc(NC(=O)N(C)CC2(O)CCC(C(C)(C)C)CC2)cc1C1(O)CCC(C(C)(C)C)CC1. The molecule has 2 saturated carbocycles. The average molecular weight is 503 g/mol. The van der Waals surface area contributed by atoms with E-state index in [0.29, 0.717) is 55.5 Å². The van der Waals surface area contributed by atoms with E-state index in [0.717, 1.165) is 31.2 Å². The van der Waals surface area contributed by atoms with Crippen LogP contribution in [0.15, 0.2) is 18.2 Å². The van der Waals surface area contributed by atoms with Crippen LogP contribution in [0, 0.1) is 22.7 Å². The lowest BCUT2D eigenvalue weighted by Crippen LogP contribution is -2.48. The predicted molar refractivity (Wildman–Crippen MR) is 146 cm³/mol. The Kier molecular flexibility index (Phi) is 8.41. The number of anilines is 1. The fourth-order valence-electron chi connectivity index (χ4n) is 6.29. The topological polar surface area (TPSA) is 82.0 Å². The second-order valence-electron chi connectivity index (χ2n) is 13.7. The lowest BCUT2D eigenvalue weighted by atomic mass is 9.67. The maximum Gasteiger partial charge on any atom is 0.321 e. The van der Waals surface area contributed by atoms with Crippen LogP contribution < -0.4 is 10.1 Å². The first-order valence-corrected chi connectivity index (χ1v) is 13.7. The number of rotatable bonds is 5. The summed E-state index contributed by atoms with van der Waals surface area (Å²) in [6.45, 7) is 13.9. The van der Waals surface area contributed by atoms with Crippen LogP contribution in [0.1, 0.15) is 98.5 Å². The standard InChI is InChI=1S/C30H50N2O4/c1-27(2,3)21-11-15-29(34,16-12-21)20-32(7)26(33)31-23-9-10-25(36-8)24(19-23)30(35)17-13-22(14-18-30)28(4,5)6/h9-10,19,21-22,34-35H,11-18,20H2,1-8H3,(H,31,33). The minimum Gasteiger partial charge on any atom is -0.496 e. The maximum atomic E-state index is 13.0. The molecule has 3 rings (SSSR count). The lowest BCUT2D eigenvalue weighted by molar-refractivity contribution is -0.0374. The van der Waals surface area contributed by atoms with Crippen LogP contribution in [-0.4, -0.2) is 47.4 Å². The first kappa shape index (κ1) is 28.8. The van der Waals surface area contributed by atoms with Crippen LogP contribution >= 0.6 is 0 Å². The van der Waals surface area contributed by atoms with E-state index < -0.39 is 11.2 Å². The largest absolute Gasteiger partial charge is 0.496 e. The van der Waals surface area contributed by atoms with Crippen molar-refractivity contribution in [3.63, 3.8) is 0 Å². The van der Waals surface area contributed by atoms with E-state index in [1.165, 1.54) is 0 Å². The molecule has 2 aliphatic carbocycles. The molecule has 0 atom stereocenters. The minimum absolute atomic E-state index is 0.224. The number of aliphatic hydroxyl groups is 2. The summed E-state index contributed by atoms with van der Waals surface area (Å²) in [6, 6.07) is 5.22. The molecule has 0 aromatic heterocycles. The van der Waals surface area contributed by atoms with Crippen molar-refractivity contribution in [3.8, 4) is 5.75 Å². The predicted octanol–water partition coefficient (Wildman–Crippen LogP) is 6.55. The molecule has 204 valence electrons. The Morgan fingerprint density at radius 3 is 1.94 bits per heavy atom. The molecule has 0 bridgehead atoms. The molecule has 0 spiro atoms. The Balaban J connectivity index is 1.66. The summed E-state index contributed by atoms with van der Waals surface area (Å²) in [7, 11) is 3.35. The molecular weight excluding hydrogens is 452 g/mol. The smallest absolute Gasteiger partial charge is 0.321 e. The third kappa shape index (κ3) is 6.74. The molecular formula is C30H50N2O4. The lowest BCUT2D eigenvalue weighted by Gasteiger charge is -2.42. The summed E-state index contributed by atoms with van der Waals surface area (Å²) in [5, 5.41) is 25.7. The van der Waals surface area contributed by atoms with Gasteiger partial charge in [-0.25, -0.2) is 4.79 Å². The summed E-state index contributed by atoms with van der Waals surface area (Å²) in [5.41, 5.74) is 0.00370. The van der Waals surface area contributed by atoms with Crippen molar-refractivity contribution in [1.29, 1.82) is 0 Å². The number of hydrogen-bond donors (Lipinski definition) is 3. The number of methoxy groups -OCH3 is 1. The van der Waals surface area contributed by atoms with E-state index in [1.807, 2.05) is 18.2 Å².